The summed E-state index contributed by atoms with van der Waals surface area (Å²) in [5.74, 6) is 15.0. The molecule has 0 radical (unpaired) electrons. The molecular formula is C43H50Br2N4O7S. The van der Waals surface area contributed by atoms with Crippen molar-refractivity contribution in [3.63, 3.8) is 0 Å². The van der Waals surface area contributed by atoms with Gasteiger partial charge in [-0.3, -0.25) is 4.55 Å². The van der Waals surface area contributed by atoms with Crippen molar-refractivity contribution < 1.29 is 75.0 Å². The zero-order chi connectivity index (χ0) is 38.9. The van der Waals surface area contributed by atoms with E-state index in [1.165, 1.54) is 0 Å². The van der Waals surface area contributed by atoms with E-state index in [-0.39, 0.29) is 47.0 Å². The number of aryl methyl sites for hydroxylation is 4. The Morgan fingerprint density at radius 2 is 1.04 bits per heavy atom. The zero-order valence-electron chi connectivity index (χ0n) is 32.6. The summed E-state index contributed by atoms with van der Waals surface area (Å²) < 4.78 is 64.3. The van der Waals surface area contributed by atoms with Gasteiger partial charge in [-0.1, -0.05) is 37.0 Å². The van der Waals surface area contributed by atoms with Gasteiger partial charge >= 0.3 is 0 Å². The van der Waals surface area contributed by atoms with E-state index in [9.17, 15) is 13.0 Å². The molecule has 1 N–H and O–H groups in total. The van der Waals surface area contributed by atoms with Gasteiger partial charge in [0.05, 0.1) is 70.5 Å². The van der Waals surface area contributed by atoms with Crippen LogP contribution in [0.1, 0.15) is 61.3 Å². The molecule has 0 saturated heterocycles. The minimum Gasteiger partial charge on any atom is -1.00 e. The number of ether oxygens (including phenoxy) is 4. The Hall–Kier alpha value is -4.73. The highest BCUT2D eigenvalue weighted by Gasteiger charge is 2.12. The van der Waals surface area contributed by atoms with Crippen LogP contribution < -0.4 is 62.0 Å². The summed E-state index contributed by atoms with van der Waals surface area (Å²) in [6, 6.07) is 18.8. The van der Waals surface area contributed by atoms with Gasteiger partial charge in [0.25, 0.3) is 10.1 Å². The Morgan fingerprint density at radius 1 is 0.614 bits per heavy atom. The van der Waals surface area contributed by atoms with Crippen molar-refractivity contribution in [3.8, 4) is 46.7 Å². The minimum atomic E-state index is -4.12. The highest BCUT2D eigenvalue weighted by Crippen LogP contribution is 2.29. The third-order valence-electron chi connectivity index (χ3n) is 8.34. The molecular weight excluding hydrogens is 876 g/mol. The van der Waals surface area contributed by atoms with Crippen LogP contribution in [0.25, 0.3) is 0 Å². The molecule has 5 rings (SSSR count). The van der Waals surface area contributed by atoms with Crippen LogP contribution in [0.3, 0.4) is 0 Å². The van der Waals surface area contributed by atoms with Crippen LogP contribution in [-0.4, -0.2) is 54.3 Å². The highest BCUT2D eigenvalue weighted by atomic mass is 79.9. The standard InChI is InChI=1S/C43H49N4O7S.2BrH/c1-4-5-27-53-42-32-39(16-10-37-13-19-41(20-14-37)52-29-7-22-47-26-24-45(3)35-47)43(54-30-8-31-55(48,49)50)33-38(42)15-9-36-11-17-40(18-12-36)51-28-6-21-46-25-23-44(2)34-46;;/h11-14,17-20,23-26,32-35H,4-8,21-22,27-31H2,1-3H3;2*1H/q+1;;/p-1. The number of benzene rings is 3. The van der Waals surface area contributed by atoms with Crippen molar-refractivity contribution in [3.05, 3.63) is 120 Å². The Bertz CT molecular complexity index is 2220. The van der Waals surface area contributed by atoms with E-state index >= 15 is 0 Å². The quantitative estimate of drug-likeness (QED) is 0.0517. The molecule has 0 bridgehead atoms. The first-order valence-electron chi connectivity index (χ1n) is 18.5. The lowest BCUT2D eigenvalue weighted by molar-refractivity contribution is -0.671. The lowest BCUT2D eigenvalue weighted by Crippen LogP contribution is -3.00. The maximum absolute atomic E-state index is 11.3. The van der Waals surface area contributed by atoms with E-state index in [4.69, 9.17) is 18.9 Å². The van der Waals surface area contributed by atoms with Gasteiger partial charge in [-0.2, -0.15) is 8.42 Å². The van der Waals surface area contributed by atoms with Gasteiger partial charge in [0.1, 0.15) is 47.8 Å². The van der Waals surface area contributed by atoms with E-state index in [0.717, 1.165) is 61.4 Å². The Kier molecular flexibility index (Phi) is 19.8. The first-order valence-corrected chi connectivity index (χ1v) is 20.1. The second-order valence-electron chi connectivity index (χ2n) is 13.1. The monoisotopic (exact) mass is 924 g/mol. The smallest absolute Gasteiger partial charge is 0.264 e. The molecule has 0 amide bonds. The molecule has 2 aromatic heterocycles. The number of hydrogen-bond acceptors (Lipinski definition) is 6. The zero-order valence-corrected chi connectivity index (χ0v) is 36.6. The Labute approximate surface area is 357 Å². The largest absolute Gasteiger partial charge is 1.00 e. The summed E-state index contributed by atoms with van der Waals surface area (Å²) in [5, 5.41) is 0. The van der Waals surface area contributed by atoms with Crippen LogP contribution in [0.15, 0.2) is 98.1 Å². The second kappa shape index (κ2) is 24.1. The first-order chi connectivity index (χ1) is 26.6. The number of imidazole rings is 2. The molecule has 3 aromatic carbocycles. The number of aromatic nitrogens is 4. The predicted octanol–water partition coefficient (Wildman–Crippen LogP) is -0.480. The third kappa shape index (κ3) is 16.7. The average Bonchev–Trinajstić information content (AvgIpc) is 3.79. The van der Waals surface area contributed by atoms with Crippen molar-refractivity contribution in [2.45, 2.75) is 52.1 Å². The van der Waals surface area contributed by atoms with Gasteiger partial charge in [0.2, 0.25) is 12.7 Å². The van der Waals surface area contributed by atoms with Crippen molar-refractivity contribution >= 4 is 10.1 Å². The number of unbranched alkanes of at least 4 members (excludes halogenated alkanes) is 1. The molecule has 0 spiro atoms. The molecule has 0 atom stereocenters. The number of halogens is 2. The molecule has 2 heterocycles. The fourth-order valence-electron chi connectivity index (χ4n) is 5.43. The number of nitrogens with zero attached hydrogens (tertiary/aromatic N) is 4. The molecule has 0 saturated carbocycles. The molecule has 5 aromatic rings. The second-order valence-corrected chi connectivity index (χ2v) is 14.7. The number of rotatable bonds is 19. The Morgan fingerprint density at radius 3 is 1.42 bits per heavy atom. The molecule has 11 nitrogen and oxygen atoms in total. The van der Waals surface area contributed by atoms with Gasteiger partial charge in [-0.05, 0) is 61.4 Å². The molecule has 0 aliphatic heterocycles. The topological polar surface area (TPSA) is 109 Å². The molecule has 14 heteroatoms. The van der Waals surface area contributed by atoms with Crippen LogP contribution in [0.2, 0.25) is 0 Å². The summed E-state index contributed by atoms with van der Waals surface area (Å²) in [4.78, 5) is 0. The van der Waals surface area contributed by atoms with Gasteiger partial charge in [-0.25, -0.2) is 18.3 Å². The summed E-state index contributed by atoms with van der Waals surface area (Å²) in [6.45, 7) is 5.60. The van der Waals surface area contributed by atoms with Crippen molar-refractivity contribution in [2.75, 3.05) is 32.2 Å². The van der Waals surface area contributed by atoms with E-state index in [1.807, 2.05) is 115 Å². The lowest BCUT2D eigenvalue weighted by Gasteiger charge is -2.13. The normalized spacial score (nSPS) is 10.5. The molecule has 0 fully saturated rings. The van der Waals surface area contributed by atoms with Crippen molar-refractivity contribution in [1.82, 2.24) is 9.13 Å². The molecule has 57 heavy (non-hydrogen) atoms. The number of hydrogen-bond donors (Lipinski definition) is 1. The molecule has 0 aliphatic carbocycles. The van der Waals surface area contributed by atoms with Crippen LogP contribution in [-0.2, 0) is 37.3 Å². The van der Waals surface area contributed by atoms with E-state index < -0.39 is 15.9 Å². The van der Waals surface area contributed by atoms with Crippen LogP contribution in [0.5, 0.6) is 23.0 Å². The van der Waals surface area contributed by atoms with Gasteiger partial charge in [0.15, 0.2) is 0 Å². The SMILES string of the molecule is CCCCOc1cc(C#Cc2ccc(OCCCn3cc[n+](C)c3)cc2)c(OCCCS(=O)(=O)O)cc1C#Cc1ccc(OCCCn2cc[n+](C)c2)cc1.[Br-].[Br-]. The maximum Gasteiger partial charge on any atom is 0.264 e. The molecule has 0 aliphatic rings. The summed E-state index contributed by atoms with van der Waals surface area (Å²) >= 11 is 0. The Balaban J connectivity index is 0.00000435. The highest BCUT2D eigenvalue weighted by molar-refractivity contribution is 7.85. The van der Waals surface area contributed by atoms with Crippen LogP contribution >= 0.6 is 0 Å². The summed E-state index contributed by atoms with van der Waals surface area (Å²) in [7, 11) is -0.124. The predicted molar refractivity (Wildman–Crippen MR) is 210 cm³/mol. The summed E-state index contributed by atoms with van der Waals surface area (Å²) in [5.41, 5.74) is 2.75. The average molecular weight is 927 g/mol. The molecule has 0 unspecified atom stereocenters. The first kappa shape index (κ1) is 46.7. The van der Waals surface area contributed by atoms with E-state index in [2.05, 4.69) is 39.7 Å². The van der Waals surface area contributed by atoms with E-state index in [1.54, 1.807) is 6.07 Å². The van der Waals surface area contributed by atoms with Gasteiger partial charge in [-0.15, -0.1) is 0 Å². The fraction of sp³-hybridized carbons (Fsp3) is 0.349. The molecule has 304 valence electrons. The summed E-state index contributed by atoms with van der Waals surface area (Å²) in [6.07, 6.45) is 15.9. The van der Waals surface area contributed by atoms with Crippen LogP contribution in [0.4, 0.5) is 0 Å². The van der Waals surface area contributed by atoms with Crippen LogP contribution in [0, 0.1) is 23.7 Å². The van der Waals surface area contributed by atoms with Gasteiger partial charge < -0.3 is 52.9 Å². The lowest BCUT2D eigenvalue weighted by atomic mass is 10.1. The van der Waals surface area contributed by atoms with E-state index in [0.29, 0.717) is 42.4 Å². The fourth-order valence-corrected chi connectivity index (χ4v) is 5.92. The third-order valence-corrected chi connectivity index (χ3v) is 9.14. The minimum absolute atomic E-state index is 0. The van der Waals surface area contributed by atoms with Crippen molar-refractivity contribution in [2.24, 2.45) is 14.1 Å². The van der Waals surface area contributed by atoms with Crippen molar-refractivity contribution in [1.29, 1.82) is 0 Å². The van der Waals surface area contributed by atoms with Gasteiger partial charge in [0, 0.05) is 36.1 Å². The maximum atomic E-state index is 11.3.